The van der Waals surface area contributed by atoms with E-state index >= 15 is 0 Å². The third-order valence-electron chi connectivity index (χ3n) is 6.30. The number of hydrogen-bond acceptors (Lipinski definition) is 7. The van der Waals surface area contributed by atoms with E-state index in [1.54, 1.807) is 60.7 Å². The molecule has 1 aliphatic heterocycles. The van der Waals surface area contributed by atoms with E-state index in [1.165, 1.54) is 19.1 Å². The number of furan rings is 1. The normalized spacial score (nSPS) is 15.3. The van der Waals surface area contributed by atoms with Crippen LogP contribution in [-0.2, 0) is 4.79 Å². The molecule has 0 bridgehead atoms. The van der Waals surface area contributed by atoms with Crippen molar-refractivity contribution in [1.29, 1.82) is 0 Å². The molecule has 1 aliphatic rings. The Labute approximate surface area is 227 Å². The minimum Gasteiger partial charge on any atom is -0.503 e. The molecule has 1 amide bonds. The molecule has 9 heteroatoms. The molecule has 0 aliphatic carbocycles. The van der Waals surface area contributed by atoms with E-state index in [1.807, 2.05) is 13.0 Å². The van der Waals surface area contributed by atoms with Crippen molar-refractivity contribution in [2.75, 3.05) is 25.7 Å². The number of para-hydroxylation sites is 2. The lowest BCUT2D eigenvalue weighted by Crippen LogP contribution is -2.31. The number of fused-ring (bicyclic) bond motifs is 1. The molecule has 3 aromatic carbocycles. The van der Waals surface area contributed by atoms with Crippen LogP contribution in [0.25, 0.3) is 11.0 Å². The van der Waals surface area contributed by atoms with E-state index in [9.17, 15) is 14.7 Å². The van der Waals surface area contributed by atoms with Crippen LogP contribution in [-0.4, -0.2) is 37.6 Å². The smallest absolute Gasteiger partial charge is 0.294 e. The number of aliphatic hydroxyl groups excluding tert-OH is 1. The fourth-order valence-electron chi connectivity index (χ4n) is 4.62. The molecule has 0 saturated carbocycles. The Bertz CT molecular complexity index is 1590. The van der Waals surface area contributed by atoms with Crippen LogP contribution in [0.1, 0.15) is 29.1 Å². The quantitative estimate of drug-likeness (QED) is 0.242. The number of nitrogens with zero attached hydrogens (tertiary/aromatic N) is 1. The van der Waals surface area contributed by atoms with Crippen molar-refractivity contribution >= 4 is 44.3 Å². The largest absolute Gasteiger partial charge is 0.503 e. The van der Waals surface area contributed by atoms with Crippen molar-refractivity contribution < 1.29 is 33.3 Å². The SMILES string of the molecule is CCOc1cc(C2C(C(=O)c3cc4cc(Br)ccc4o3)=C(O)C(=O)N2c2ccccc2OC)ccc1OC. The maximum Gasteiger partial charge on any atom is 0.294 e. The van der Waals surface area contributed by atoms with Crippen LogP contribution >= 0.6 is 15.9 Å². The standard InChI is InChI=1S/C29H24BrNO7/c1-4-37-23-14-16(9-11-22(23)36-3)26-25(27(32)24-15-17-13-18(30)10-12-20(17)38-24)28(33)29(34)31(26)19-7-5-6-8-21(19)35-2/h5-15,26,33H,4H2,1-3H3. The Morgan fingerprint density at radius 1 is 1.00 bits per heavy atom. The second-order valence-electron chi connectivity index (χ2n) is 8.48. The number of carbonyl (C=O) groups excluding carboxylic acids is 2. The first-order valence-electron chi connectivity index (χ1n) is 11.8. The molecule has 2 heterocycles. The zero-order valence-electron chi connectivity index (χ0n) is 20.9. The first-order chi connectivity index (χ1) is 18.4. The van der Waals surface area contributed by atoms with Crippen LogP contribution in [0.4, 0.5) is 5.69 Å². The molecule has 0 radical (unpaired) electrons. The number of halogens is 1. The number of hydrogen-bond donors (Lipinski definition) is 1. The molecule has 4 aromatic rings. The van der Waals surface area contributed by atoms with Gasteiger partial charge in [0.25, 0.3) is 5.91 Å². The van der Waals surface area contributed by atoms with Crippen molar-refractivity contribution in [2.45, 2.75) is 13.0 Å². The van der Waals surface area contributed by atoms with E-state index < -0.39 is 23.5 Å². The maximum absolute atomic E-state index is 13.9. The summed E-state index contributed by atoms with van der Waals surface area (Å²) < 4.78 is 23.3. The zero-order valence-corrected chi connectivity index (χ0v) is 22.4. The van der Waals surface area contributed by atoms with Gasteiger partial charge in [0.15, 0.2) is 23.0 Å². The Morgan fingerprint density at radius 2 is 1.76 bits per heavy atom. The Balaban J connectivity index is 1.70. The first-order valence-corrected chi connectivity index (χ1v) is 12.6. The molecule has 8 nitrogen and oxygen atoms in total. The van der Waals surface area contributed by atoms with Gasteiger partial charge in [-0.05, 0) is 61.0 Å². The summed E-state index contributed by atoms with van der Waals surface area (Å²) in [5.74, 6) is -0.687. The lowest BCUT2D eigenvalue weighted by molar-refractivity contribution is -0.117. The zero-order chi connectivity index (χ0) is 27.0. The summed E-state index contributed by atoms with van der Waals surface area (Å²) in [5, 5.41) is 11.8. The van der Waals surface area contributed by atoms with Crippen molar-refractivity contribution in [3.05, 3.63) is 93.9 Å². The van der Waals surface area contributed by atoms with Crippen LogP contribution in [0.5, 0.6) is 17.2 Å². The predicted molar refractivity (Wildman–Crippen MR) is 145 cm³/mol. The number of carbonyl (C=O) groups is 2. The van der Waals surface area contributed by atoms with Gasteiger partial charge in [-0.15, -0.1) is 0 Å². The number of benzene rings is 3. The fourth-order valence-corrected chi connectivity index (χ4v) is 5.00. The molecule has 5 rings (SSSR count). The van der Waals surface area contributed by atoms with E-state index in [-0.39, 0.29) is 11.3 Å². The average molecular weight is 578 g/mol. The summed E-state index contributed by atoms with van der Waals surface area (Å²) in [5.41, 5.74) is 1.30. The molecule has 1 unspecified atom stereocenters. The molecule has 38 heavy (non-hydrogen) atoms. The Morgan fingerprint density at radius 3 is 2.50 bits per heavy atom. The van der Waals surface area contributed by atoms with Crippen molar-refractivity contribution in [1.82, 2.24) is 0 Å². The van der Waals surface area contributed by atoms with Gasteiger partial charge in [0.2, 0.25) is 5.78 Å². The molecule has 1 N–H and O–H groups in total. The number of methoxy groups -OCH3 is 2. The molecule has 1 atom stereocenters. The van der Waals surface area contributed by atoms with Gasteiger partial charge in [0.1, 0.15) is 11.3 Å². The van der Waals surface area contributed by atoms with E-state index in [4.69, 9.17) is 18.6 Å². The highest BCUT2D eigenvalue weighted by molar-refractivity contribution is 9.10. The monoisotopic (exact) mass is 577 g/mol. The van der Waals surface area contributed by atoms with Gasteiger partial charge in [-0.3, -0.25) is 14.5 Å². The number of anilines is 1. The van der Waals surface area contributed by atoms with Gasteiger partial charge >= 0.3 is 0 Å². The average Bonchev–Trinajstić information content (AvgIpc) is 3.46. The summed E-state index contributed by atoms with van der Waals surface area (Å²) in [6.45, 7) is 2.22. The minimum atomic E-state index is -1.00. The summed E-state index contributed by atoms with van der Waals surface area (Å²) in [7, 11) is 3.01. The van der Waals surface area contributed by atoms with Crippen molar-refractivity contribution in [3.63, 3.8) is 0 Å². The molecular weight excluding hydrogens is 554 g/mol. The molecular formula is C29H24BrNO7. The van der Waals surface area contributed by atoms with Crippen molar-refractivity contribution in [2.24, 2.45) is 0 Å². The van der Waals surface area contributed by atoms with Gasteiger partial charge in [0, 0.05) is 9.86 Å². The highest BCUT2D eigenvalue weighted by Gasteiger charge is 2.46. The Hall–Kier alpha value is -4.24. The molecule has 194 valence electrons. The number of amides is 1. The van der Waals surface area contributed by atoms with E-state index in [2.05, 4.69) is 15.9 Å². The van der Waals surface area contributed by atoms with E-state index in [0.29, 0.717) is 46.1 Å². The molecule has 1 aromatic heterocycles. The summed E-state index contributed by atoms with van der Waals surface area (Å²) in [6.07, 6.45) is 0. The number of rotatable bonds is 8. The lowest BCUT2D eigenvalue weighted by Gasteiger charge is -2.28. The minimum absolute atomic E-state index is 0.00197. The third-order valence-corrected chi connectivity index (χ3v) is 6.80. The molecule has 0 spiro atoms. The van der Waals surface area contributed by atoms with Crippen LogP contribution in [0.15, 0.2) is 87.0 Å². The number of Topliss-reactive ketones (excluding diaryl/α,β-unsaturated/α-hetero) is 1. The van der Waals surface area contributed by atoms with Gasteiger partial charge in [-0.25, -0.2) is 0 Å². The number of ketones is 1. The van der Waals surface area contributed by atoms with Crippen LogP contribution in [0, 0.1) is 0 Å². The number of ether oxygens (including phenoxy) is 3. The maximum atomic E-state index is 13.9. The topological polar surface area (TPSA) is 98.4 Å². The summed E-state index contributed by atoms with van der Waals surface area (Å²) in [4.78, 5) is 28.8. The fraction of sp³-hybridized carbons (Fsp3) is 0.172. The second-order valence-corrected chi connectivity index (χ2v) is 9.39. The first kappa shape index (κ1) is 25.4. The van der Waals surface area contributed by atoms with Crippen LogP contribution in [0.3, 0.4) is 0 Å². The van der Waals surface area contributed by atoms with Gasteiger partial charge in [-0.2, -0.15) is 0 Å². The predicted octanol–water partition coefficient (Wildman–Crippen LogP) is 6.39. The Kier molecular flexibility index (Phi) is 6.86. The van der Waals surface area contributed by atoms with Crippen LogP contribution in [0.2, 0.25) is 0 Å². The second kappa shape index (κ2) is 10.3. The third kappa shape index (κ3) is 4.28. The highest BCUT2D eigenvalue weighted by atomic mass is 79.9. The number of aliphatic hydroxyl groups is 1. The molecule has 0 fully saturated rings. The van der Waals surface area contributed by atoms with Gasteiger partial charge < -0.3 is 23.7 Å². The van der Waals surface area contributed by atoms with Gasteiger partial charge in [0.05, 0.1) is 38.1 Å². The summed E-state index contributed by atoms with van der Waals surface area (Å²) >= 11 is 3.42. The summed E-state index contributed by atoms with van der Waals surface area (Å²) in [6, 6.07) is 18.0. The van der Waals surface area contributed by atoms with Gasteiger partial charge in [-0.1, -0.05) is 34.1 Å². The van der Waals surface area contributed by atoms with Crippen LogP contribution < -0.4 is 19.1 Å². The van der Waals surface area contributed by atoms with Crippen molar-refractivity contribution in [3.8, 4) is 17.2 Å². The lowest BCUT2D eigenvalue weighted by atomic mass is 9.94. The molecule has 0 saturated heterocycles. The highest BCUT2D eigenvalue weighted by Crippen LogP contribution is 2.46. The van der Waals surface area contributed by atoms with E-state index in [0.717, 1.165) is 4.47 Å².